The van der Waals surface area contributed by atoms with Crippen LogP contribution < -0.4 is 15.0 Å². The average Bonchev–Trinajstić information content (AvgIpc) is 2.78. The Kier molecular flexibility index (Phi) is 6.52. The molecule has 1 heterocycles. The van der Waals surface area contributed by atoms with Gasteiger partial charge in [-0.25, -0.2) is 4.39 Å². The number of para-hydroxylation sites is 2. The van der Waals surface area contributed by atoms with Crippen molar-refractivity contribution in [1.82, 2.24) is 5.32 Å². The first-order chi connectivity index (χ1) is 15.5. The number of carbonyl (C=O) groups excluding carboxylic acids is 2. The smallest absolute Gasteiger partial charge is 0.294 e. The molecule has 0 aliphatic carbocycles. The van der Waals surface area contributed by atoms with E-state index in [0.717, 1.165) is 5.56 Å². The highest BCUT2D eigenvalue weighted by molar-refractivity contribution is 6.30. The zero-order chi connectivity index (χ0) is 22.5. The van der Waals surface area contributed by atoms with Crippen molar-refractivity contribution in [2.24, 2.45) is 0 Å². The second kappa shape index (κ2) is 9.66. The van der Waals surface area contributed by atoms with Crippen LogP contribution in [0, 0.1) is 5.82 Å². The van der Waals surface area contributed by atoms with E-state index in [4.69, 9.17) is 16.3 Å². The van der Waals surface area contributed by atoms with Crippen molar-refractivity contribution in [3.63, 3.8) is 0 Å². The first kappa shape index (κ1) is 21.6. The maximum Gasteiger partial charge on any atom is 0.294 e. The molecule has 162 valence electrons. The van der Waals surface area contributed by atoms with E-state index in [1.807, 2.05) is 12.1 Å². The number of amides is 2. The van der Waals surface area contributed by atoms with Crippen molar-refractivity contribution in [2.75, 3.05) is 18.0 Å². The van der Waals surface area contributed by atoms with Crippen LogP contribution in [-0.4, -0.2) is 24.9 Å². The third-order valence-electron chi connectivity index (χ3n) is 4.93. The van der Waals surface area contributed by atoms with Gasteiger partial charge in [0, 0.05) is 11.6 Å². The number of carbonyl (C=O) groups is 2. The lowest BCUT2D eigenvalue weighted by Crippen LogP contribution is -2.44. The van der Waals surface area contributed by atoms with E-state index in [9.17, 15) is 14.0 Å². The number of hydrogen-bond acceptors (Lipinski definition) is 3. The standard InChI is InChI=1S/C25H20ClFN2O3/c26-19-10-8-17(9-11-19)12-13-28-24(30)16-29-21-6-1-2-7-22(21)32-23(25(29)31)15-18-4-3-5-20(27)14-18/h1-11,14-15H,12-13,16H2,(H,28,30)/b23-15+. The van der Waals surface area contributed by atoms with Crippen LogP contribution >= 0.6 is 11.6 Å². The minimum Gasteiger partial charge on any atom is -0.449 e. The molecule has 0 fully saturated rings. The minimum atomic E-state index is -0.471. The summed E-state index contributed by atoms with van der Waals surface area (Å²) < 4.78 is 19.3. The number of ether oxygens (including phenoxy) is 1. The molecule has 5 nitrogen and oxygen atoms in total. The Morgan fingerprint density at radius 3 is 2.62 bits per heavy atom. The highest BCUT2D eigenvalue weighted by Gasteiger charge is 2.31. The lowest BCUT2D eigenvalue weighted by molar-refractivity contribution is -0.123. The molecule has 3 aromatic carbocycles. The van der Waals surface area contributed by atoms with Crippen molar-refractivity contribution in [3.05, 3.63) is 101 Å². The van der Waals surface area contributed by atoms with E-state index in [0.29, 0.717) is 35.0 Å². The summed E-state index contributed by atoms with van der Waals surface area (Å²) in [6, 6.07) is 20.2. The number of hydrogen-bond donors (Lipinski definition) is 1. The molecule has 0 aromatic heterocycles. The van der Waals surface area contributed by atoms with Gasteiger partial charge in [-0.1, -0.05) is 48.0 Å². The highest BCUT2D eigenvalue weighted by atomic mass is 35.5. The van der Waals surface area contributed by atoms with Gasteiger partial charge in [0.2, 0.25) is 5.91 Å². The maximum atomic E-state index is 13.5. The molecule has 0 bridgehead atoms. The van der Waals surface area contributed by atoms with Gasteiger partial charge in [-0.05, 0) is 60.0 Å². The van der Waals surface area contributed by atoms with Crippen molar-refractivity contribution in [2.45, 2.75) is 6.42 Å². The van der Waals surface area contributed by atoms with E-state index < -0.39 is 11.7 Å². The van der Waals surface area contributed by atoms with Crippen molar-refractivity contribution in [1.29, 1.82) is 0 Å². The Labute approximate surface area is 190 Å². The molecule has 0 spiro atoms. The minimum absolute atomic E-state index is 0.0169. The van der Waals surface area contributed by atoms with Gasteiger partial charge in [-0.15, -0.1) is 0 Å². The third-order valence-corrected chi connectivity index (χ3v) is 5.18. The highest BCUT2D eigenvalue weighted by Crippen LogP contribution is 2.35. The Hall–Kier alpha value is -3.64. The SMILES string of the molecule is O=C(CN1C(=O)/C(=C\c2cccc(F)c2)Oc2ccccc21)NCCc1ccc(Cl)cc1. The fraction of sp³-hybridized carbons (Fsp3) is 0.120. The lowest BCUT2D eigenvalue weighted by Gasteiger charge is -2.30. The van der Waals surface area contributed by atoms with Crippen LogP contribution in [0.2, 0.25) is 5.02 Å². The molecule has 1 N–H and O–H groups in total. The molecule has 7 heteroatoms. The molecule has 1 aliphatic heterocycles. The summed E-state index contributed by atoms with van der Waals surface area (Å²) >= 11 is 5.89. The number of nitrogens with one attached hydrogen (secondary N) is 1. The molecule has 0 atom stereocenters. The molecule has 0 saturated heterocycles. The summed E-state index contributed by atoms with van der Waals surface area (Å²) in [5, 5.41) is 3.50. The average molecular weight is 451 g/mol. The molecule has 3 aromatic rings. The first-order valence-electron chi connectivity index (χ1n) is 10.1. The molecule has 0 saturated carbocycles. The summed E-state index contributed by atoms with van der Waals surface area (Å²) in [5.74, 6) is -0.721. The van der Waals surface area contributed by atoms with E-state index in [-0.39, 0.29) is 18.2 Å². The monoisotopic (exact) mass is 450 g/mol. The van der Waals surface area contributed by atoms with Gasteiger partial charge in [-0.2, -0.15) is 0 Å². The Morgan fingerprint density at radius 1 is 1.06 bits per heavy atom. The van der Waals surface area contributed by atoms with Gasteiger partial charge in [0.25, 0.3) is 5.91 Å². The fourth-order valence-corrected chi connectivity index (χ4v) is 3.49. The predicted octanol–water partition coefficient (Wildman–Crippen LogP) is 4.60. The van der Waals surface area contributed by atoms with E-state index in [2.05, 4.69) is 5.32 Å². The summed E-state index contributed by atoms with van der Waals surface area (Å²) in [6.07, 6.45) is 2.11. The molecule has 0 unspecified atom stereocenters. The maximum absolute atomic E-state index is 13.5. The number of benzene rings is 3. The number of fused-ring (bicyclic) bond motifs is 1. The first-order valence-corrected chi connectivity index (χ1v) is 10.4. The van der Waals surface area contributed by atoms with Crippen molar-refractivity contribution in [3.8, 4) is 5.75 Å². The molecule has 32 heavy (non-hydrogen) atoms. The summed E-state index contributed by atoms with van der Waals surface area (Å²) in [6.45, 7) is 0.257. The number of halogens is 2. The van der Waals surface area contributed by atoms with E-state index in [1.165, 1.54) is 23.1 Å². The number of rotatable bonds is 6. The topological polar surface area (TPSA) is 58.6 Å². The molecule has 0 radical (unpaired) electrons. The van der Waals surface area contributed by atoms with Gasteiger partial charge < -0.3 is 10.1 Å². The Balaban J connectivity index is 1.48. The van der Waals surface area contributed by atoms with Crippen LogP contribution in [0.1, 0.15) is 11.1 Å². The molecular weight excluding hydrogens is 431 g/mol. The van der Waals surface area contributed by atoms with Gasteiger partial charge in [0.15, 0.2) is 11.5 Å². The fourth-order valence-electron chi connectivity index (χ4n) is 3.36. The number of anilines is 1. The van der Waals surface area contributed by atoms with E-state index in [1.54, 1.807) is 48.5 Å². The van der Waals surface area contributed by atoms with Gasteiger partial charge >= 0.3 is 0 Å². The van der Waals surface area contributed by atoms with Crippen LogP contribution in [0.25, 0.3) is 6.08 Å². The predicted molar refractivity (Wildman–Crippen MR) is 122 cm³/mol. The molecule has 4 rings (SSSR count). The van der Waals surface area contributed by atoms with Crippen LogP contribution in [0.3, 0.4) is 0 Å². The second-order valence-electron chi connectivity index (χ2n) is 7.25. The third kappa shape index (κ3) is 5.15. The second-order valence-corrected chi connectivity index (χ2v) is 7.69. The van der Waals surface area contributed by atoms with Gasteiger partial charge in [0.05, 0.1) is 5.69 Å². The molecular formula is C25H20ClFN2O3. The zero-order valence-electron chi connectivity index (χ0n) is 17.1. The Morgan fingerprint density at radius 2 is 1.84 bits per heavy atom. The summed E-state index contributed by atoms with van der Waals surface area (Å²) in [7, 11) is 0. The van der Waals surface area contributed by atoms with Crippen LogP contribution in [0.4, 0.5) is 10.1 Å². The van der Waals surface area contributed by atoms with Crippen LogP contribution in [0.15, 0.2) is 78.6 Å². The van der Waals surface area contributed by atoms with Crippen molar-refractivity contribution >= 4 is 35.2 Å². The normalized spacial score (nSPS) is 14.1. The molecule has 1 aliphatic rings. The van der Waals surface area contributed by atoms with Gasteiger partial charge in [0.1, 0.15) is 12.4 Å². The molecule has 2 amide bonds. The summed E-state index contributed by atoms with van der Waals surface area (Å²) in [5.41, 5.74) is 2.03. The van der Waals surface area contributed by atoms with Crippen LogP contribution in [-0.2, 0) is 16.0 Å². The largest absolute Gasteiger partial charge is 0.449 e. The lowest BCUT2D eigenvalue weighted by atomic mass is 10.1. The zero-order valence-corrected chi connectivity index (χ0v) is 17.8. The number of nitrogens with zero attached hydrogens (tertiary/aromatic N) is 1. The van der Waals surface area contributed by atoms with Crippen LogP contribution in [0.5, 0.6) is 5.75 Å². The van der Waals surface area contributed by atoms with Gasteiger partial charge in [-0.3, -0.25) is 14.5 Å². The van der Waals surface area contributed by atoms with Crippen molar-refractivity contribution < 1.29 is 18.7 Å². The quantitative estimate of drug-likeness (QED) is 0.558. The Bertz CT molecular complexity index is 1180. The van der Waals surface area contributed by atoms with E-state index >= 15 is 0 Å². The summed E-state index contributed by atoms with van der Waals surface area (Å²) in [4.78, 5) is 27.0.